The van der Waals surface area contributed by atoms with Gasteiger partial charge in [-0.25, -0.2) is 8.42 Å². The van der Waals surface area contributed by atoms with E-state index >= 15 is 0 Å². The molecule has 2 rings (SSSR count). The highest BCUT2D eigenvalue weighted by Crippen LogP contribution is 2.36. The van der Waals surface area contributed by atoms with Crippen molar-refractivity contribution in [2.75, 3.05) is 10.5 Å². The molecule has 0 fully saturated rings. The lowest BCUT2D eigenvalue weighted by atomic mass is 10.2. The second-order valence-electron chi connectivity index (χ2n) is 3.98. The quantitative estimate of drug-likeness (QED) is 0.724. The second-order valence-corrected chi connectivity index (χ2v) is 8.83. The number of nitrogens with one attached hydrogen (secondary N) is 1. The summed E-state index contributed by atoms with van der Waals surface area (Å²) in [5.74, 6) is 0. The normalized spacial score (nSPS) is 11.6. The minimum Gasteiger partial charge on any atom is -0.397 e. The van der Waals surface area contributed by atoms with E-state index in [2.05, 4.69) is 20.7 Å². The van der Waals surface area contributed by atoms with Crippen LogP contribution in [0, 0.1) is 6.92 Å². The standard InChI is InChI=1S/C11H9BrCl2N2O2S2/c1-5-2-6(12)3-7(15)10(5)16-20(17,18)8-4-9(13)19-11(8)14/h2-4,16H,15H2,1H3. The Morgan fingerprint density at radius 3 is 2.45 bits per heavy atom. The molecule has 108 valence electrons. The van der Waals surface area contributed by atoms with Crippen molar-refractivity contribution < 1.29 is 8.42 Å². The van der Waals surface area contributed by atoms with E-state index in [0.29, 0.717) is 21.3 Å². The third-order valence-electron chi connectivity index (χ3n) is 2.48. The molecule has 0 radical (unpaired) electrons. The van der Waals surface area contributed by atoms with Crippen molar-refractivity contribution >= 4 is 71.9 Å². The summed E-state index contributed by atoms with van der Waals surface area (Å²) in [7, 11) is -3.83. The molecule has 1 aromatic heterocycles. The van der Waals surface area contributed by atoms with Crippen LogP contribution in [0.15, 0.2) is 27.6 Å². The number of nitrogens with two attached hydrogens (primary N) is 1. The van der Waals surface area contributed by atoms with Crippen LogP contribution in [0.3, 0.4) is 0 Å². The molecular formula is C11H9BrCl2N2O2S2. The Bertz CT molecular complexity index is 752. The highest BCUT2D eigenvalue weighted by molar-refractivity contribution is 9.10. The van der Waals surface area contributed by atoms with E-state index < -0.39 is 10.0 Å². The Hall–Kier alpha value is -0.470. The molecule has 1 heterocycles. The summed E-state index contributed by atoms with van der Waals surface area (Å²) in [4.78, 5) is -0.0594. The lowest BCUT2D eigenvalue weighted by Gasteiger charge is -2.13. The fourth-order valence-corrected chi connectivity index (χ4v) is 5.51. The van der Waals surface area contributed by atoms with E-state index in [4.69, 9.17) is 28.9 Å². The number of sulfonamides is 1. The molecule has 0 spiro atoms. The van der Waals surface area contributed by atoms with Gasteiger partial charge in [0.25, 0.3) is 10.0 Å². The van der Waals surface area contributed by atoms with E-state index in [1.165, 1.54) is 6.07 Å². The van der Waals surface area contributed by atoms with Gasteiger partial charge in [-0.15, -0.1) is 11.3 Å². The van der Waals surface area contributed by atoms with Crippen LogP contribution in [0.4, 0.5) is 11.4 Å². The van der Waals surface area contributed by atoms with Crippen LogP contribution in [0.1, 0.15) is 5.56 Å². The number of aryl methyl sites for hydroxylation is 1. The number of hydrogen-bond acceptors (Lipinski definition) is 4. The van der Waals surface area contributed by atoms with E-state index in [9.17, 15) is 8.42 Å². The van der Waals surface area contributed by atoms with Gasteiger partial charge in [0.05, 0.1) is 15.7 Å². The summed E-state index contributed by atoms with van der Waals surface area (Å²) in [6, 6.07) is 4.69. The van der Waals surface area contributed by atoms with Gasteiger partial charge in [0, 0.05) is 4.47 Å². The van der Waals surface area contributed by atoms with Gasteiger partial charge in [-0.05, 0) is 30.7 Å². The topological polar surface area (TPSA) is 72.2 Å². The van der Waals surface area contributed by atoms with Crippen molar-refractivity contribution in [1.29, 1.82) is 0 Å². The van der Waals surface area contributed by atoms with Crippen LogP contribution in [0.5, 0.6) is 0 Å². The number of hydrogen-bond donors (Lipinski definition) is 2. The average molecular weight is 416 g/mol. The molecule has 4 nitrogen and oxygen atoms in total. The fraction of sp³-hybridized carbons (Fsp3) is 0.0909. The zero-order valence-electron chi connectivity index (χ0n) is 10.1. The summed E-state index contributed by atoms with van der Waals surface area (Å²) < 4.78 is 28.2. The summed E-state index contributed by atoms with van der Waals surface area (Å²) in [5, 5.41) is 0. The van der Waals surface area contributed by atoms with Crippen molar-refractivity contribution in [3.05, 3.63) is 36.9 Å². The maximum absolute atomic E-state index is 12.3. The van der Waals surface area contributed by atoms with Gasteiger partial charge in [0.15, 0.2) is 0 Å². The largest absolute Gasteiger partial charge is 0.397 e. The zero-order chi connectivity index (χ0) is 15.1. The van der Waals surface area contributed by atoms with E-state index in [-0.39, 0.29) is 9.23 Å². The van der Waals surface area contributed by atoms with Gasteiger partial charge < -0.3 is 5.73 Å². The van der Waals surface area contributed by atoms with Crippen molar-refractivity contribution in [3.63, 3.8) is 0 Å². The number of rotatable bonds is 3. The number of nitrogen functional groups attached to an aromatic ring is 1. The molecule has 0 atom stereocenters. The molecule has 0 saturated heterocycles. The third-order valence-corrected chi connectivity index (χ3v) is 6.04. The van der Waals surface area contributed by atoms with Crippen molar-refractivity contribution in [1.82, 2.24) is 0 Å². The van der Waals surface area contributed by atoms with E-state index in [1.807, 2.05) is 0 Å². The van der Waals surface area contributed by atoms with Crippen LogP contribution < -0.4 is 10.5 Å². The Morgan fingerprint density at radius 2 is 1.95 bits per heavy atom. The van der Waals surface area contributed by atoms with Crippen LogP contribution in [0.25, 0.3) is 0 Å². The molecule has 0 aliphatic rings. The average Bonchev–Trinajstić information content (AvgIpc) is 2.64. The first-order valence-corrected chi connectivity index (χ1v) is 9.09. The smallest absolute Gasteiger partial charge is 0.264 e. The highest BCUT2D eigenvalue weighted by atomic mass is 79.9. The van der Waals surface area contributed by atoms with Gasteiger partial charge in [-0.3, -0.25) is 4.72 Å². The van der Waals surface area contributed by atoms with Crippen molar-refractivity contribution in [2.24, 2.45) is 0 Å². The lowest BCUT2D eigenvalue weighted by molar-refractivity contribution is 0.601. The maximum Gasteiger partial charge on any atom is 0.264 e. The molecule has 0 saturated carbocycles. The minimum atomic E-state index is -3.83. The number of benzene rings is 1. The molecule has 1 aromatic carbocycles. The fourth-order valence-electron chi connectivity index (χ4n) is 1.61. The highest BCUT2D eigenvalue weighted by Gasteiger charge is 2.22. The first-order chi connectivity index (χ1) is 9.20. The maximum atomic E-state index is 12.3. The number of anilines is 2. The van der Waals surface area contributed by atoms with Gasteiger partial charge >= 0.3 is 0 Å². The van der Waals surface area contributed by atoms with E-state index in [0.717, 1.165) is 15.8 Å². The Balaban J connectivity index is 2.46. The Labute approximate surface area is 139 Å². The van der Waals surface area contributed by atoms with Crippen LogP contribution in [0.2, 0.25) is 8.67 Å². The van der Waals surface area contributed by atoms with Crippen molar-refractivity contribution in [3.8, 4) is 0 Å². The number of thiophene rings is 1. The predicted molar refractivity (Wildman–Crippen MR) is 88.4 cm³/mol. The van der Waals surface area contributed by atoms with Gasteiger partial charge in [0.2, 0.25) is 0 Å². The summed E-state index contributed by atoms with van der Waals surface area (Å²) in [5.41, 5.74) is 7.17. The molecule has 0 aliphatic heterocycles. The predicted octanol–water partition coefficient (Wildman–Crippen LogP) is 4.51. The molecular weight excluding hydrogens is 407 g/mol. The molecule has 2 aromatic rings. The zero-order valence-corrected chi connectivity index (χ0v) is 14.8. The first-order valence-electron chi connectivity index (χ1n) is 5.24. The Kier molecular flexibility index (Phi) is 4.56. The van der Waals surface area contributed by atoms with E-state index in [1.54, 1.807) is 19.1 Å². The van der Waals surface area contributed by atoms with Crippen LogP contribution in [-0.4, -0.2) is 8.42 Å². The van der Waals surface area contributed by atoms with Gasteiger partial charge in [0.1, 0.15) is 9.23 Å². The lowest BCUT2D eigenvalue weighted by Crippen LogP contribution is -2.14. The van der Waals surface area contributed by atoms with Gasteiger partial charge in [-0.1, -0.05) is 39.1 Å². The van der Waals surface area contributed by atoms with Gasteiger partial charge in [-0.2, -0.15) is 0 Å². The minimum absolute atomic E-state index is 0.0594. The van der Waals surface area contributed by atoms with Crippen molar-refractivity contribution in [2.45, 2.75) is 11.8 Å². The molecule has 20 heavy (non-hydrogen) atoms. The monoisotopic (exact) mass is 414 g/mol. The first kappa shape index (κ1) is 15.9. The third kappa shape index (κ3) is 3.23. The summed E-state index contributed by atoms with van der Waals surface area (Å²) in [6.45, 7) is 1.75. The molecule has 0 unspecified atom stereocenters. The van der Waals surface area contributed by atoms with Crippen LogP contribution in [-0.2, 0) is 10.0 Å². The summed E-state index contributed by atoms with van der Waals surface area (Å²) >= 11 is 15.9. The molecule has 0 bridgehead atoms. The summed E-state index contributed by atoms with van der Waals surface area (Å²) in [6.07, 6.45) is 0. The second kappa shape index (κ2) is 5.73. The number of halogens is 3. The van der Waals surface area contributed by atoms with Crippen LogP contribution >= 0.6 is 50.5 Å². The molecule has 3 N–H and O–H groups in total. The molecule has 0 amide bonds. The SMILES string of the molecule is Cc1cc(Br)cc(N)c1NS(=O)(=O)c1cc(Cl)sc1Cl. The Morgan fingerprint density at radius 1 is 1.30 bits per heavy atom. The molecule has 0 aliphatic carbocycles. The molecule has 9 heteroatoms.